The number of nitrogens with zero attached hydrogens (tertiary/aromatic N) is 3. The van der Waals surface area contributed by atoms with Gasteiger partial charge in [0.2, 0.25) is 5.71 Å². The number of furan rings is 1. The molecule has 0 aliphatic heterocycles. The molecule has 5 aromatic rings. The molecule has 0 aliphatic carbocycles. The summed E-state index contributed by atoms with van der Waals surface area (Å²) in [6.07, 6.45) is 1.87. The Morgan fingerprint density at radius 2 is 1.77 bits per heavy atom. The molecule has 0 saturated heterocycles. The Bertz CT molecular complexity index is 1490. The second-order valence-corrected chi connectivity index (χ2v) is 7.50. The smallest absolute Gasteiger partial charge is 0.216 e. The van der Waals surface area contributed by atoms with Gasteiger partial charge in [-0.1, -0.05) is 29.1 Å². The first kappa shape index (κ1) is 20.9. The first-order valence-corrected chi connectivity index (χ1v) is 9.71. The zero-order valence-corrected chi connectivity index (χ0v) is 19.7. The minimum atomic E-state index is 0. The average Bonchev–Trinajstić information content (AvgIpc) is 3.12. The summed E-state index contributed by atoms with van der Waals surface area (Å²) >= 11 is 0. The van der Waals surface area contributed by atoms with Crippen molar-refractivity contribution in [1.29, 1.82) is 0 Å². The first-order chi connectivity index (χ1) is 14.5. The summed E-state index contributed by atoms with van der Waals surface area (Å²) in [6, 6.07) is 19.0. The molecule has 4 nitrogen and oxygen atoms in total. The van der Waals surface area contributed by atoms with Crippen LogP contribution < -0.4 is 0 Å². The molecule has 0 spiro atoms. The minimum absolute atomic E-state index is 0. The molecule has 0 atom stereocenters. The second-order valence-electron chi connectivity index (χ2n) is 7.50. The molecule has 0 fully saturated rings. The van der Waals surface area contributed by atoms with Crippen molar-refractivity contribution >= 4 is 27.8 Å². The molecule has 0 saturated carbocycles. The molecule has 0 amide bonds. The van der Waals surface area contributed by atoms with E-state index in [9.17, 15) is 0 Å². The van der Waals surface area contributed by atoms with Gasteiger partial charge >= 0.3 is 0 Å². The average molecular weight is 581 g/mol. The number of aromatic nitrogens is 2. The van der Waals surface area contributed by atoms with Crippen molar-refractivity contribution in [2.75, 3.05) is 0 Å². The number of hydrogen-bond acceptors (Lipinski definition) is 3. The molecule has 0 N–H and O–H groups in total. The van der Waals surface area contributed by atoms with Gasteiger partial charge in [0.05, 0.1) is 12.2 Å². The number of benzene rings is 2. The van der Waals surface area contributed by atoms with Gasteiger partial charge in [0.25, 0.3) is 0 Å². The van der Waals surface area contributed by atoms with Gasteiger partial charge in [-0.25, -0.2) is 9.83 Å². The fourth-order valence-corrected chi connectivity index (χ4v) is 3.85. The predicted molar refractivity (Wildman–Crippen MR) is 119 cm³/mol. The van der Waals surface area contributed by atoms with Gasteiger partial charge in [0, 0.05) is 42.9 Å². The largest absolute Gasteiger partial charge is 0.486 e. The topological polar surface area (TPSA) is 43.3 Å². The third-order valence-electron chi connectivity index (χ3n) is 5.45. The summed E-state index contributed by atoms with van der Waals surface area (Å²) in [5.74, 6) is 0. The van der Waals surface area contributed by atoms with Crippen LogP contribution in [0.5, 0.6) is 0 Å². The quantitative estimate of drug-likeness (QED) is 0.212. The Hall–Kier alpha value is -3.32. The molecule has 0 bridgehead atoms. The number of pyridine rings is 2. The van der Waals surface area contributed by atoms with Gasteiger partial charge in [-0.15, -0.1) is 18.2 Å². The summed E-state index contributed by atoms with van der Waals surface area (Å²) in [6.45, 7) is 13.4. The molecule has 0 unspecified atom stereocenters. The molecule has 0 aliphatic rings. The van der Waals surface area contributed by atoms with Crippen molar-refractivity contribution in [1.82, 2.24) is 9.97 Å². The van der Waals surface area contributed by atoms with Crippen LogP contribution >= 0.6 is 0 Å². The molecule has 1 radical (unpaired) electrons. The summed E-state index contributed by atoms with van der Waals surface area (Å²) in [5, 5.41) is 2.00. The SMILES string of the molecule is [C-]#[N+]c1ccc(C)c(-c2cnc(-c3[c-]ccc4c3oc3nc(C)ccc34)cc2C)c1.[Ir]. The fourth-order valence-electron chi connectivity index (χ4n) is 3.85. The van der Waals surface area contributed by atoms with Gasteiger partial charge < -0.3 is 9.40 Å². The standard InChI is InChI=1S/C26H18N3O.Ir/c1-15-8-10-18(27-4)13-22(15)23-14-28-24(12-16(23)2)21-7-5-6-19-20-11-9-17(3)29-26(20)30-25(19)21;/h5-6,8-14H,1-3H3;/q-1;. The van der Waals surface area contributed by atoms with E-state index in [1.54, 1.807) is 0 Å². The van der Waals surface area contributed by atoms with Crippen molar-refractivity contribution in [2.45, 2.75) is 20.8 Å². The van der Waals surface area contributed by atoms with Gasteiger partial charge in [0.15, 0.2) is 5.69 Å². The van der Waals surface area contributed by atoms with E-state index < -0.39 is 0 Å². The van der Waals surface area contributed by atoms with E-state index in [0.29, 0.717) is 11.4 Å². The van der Waals surface area contributed by atoms with Gasteiger partial charge in [-0.2, -0.15) is 0 Å². The molecule has 3 heterocycles. The number of hydrogen-bond donors (Lipinski definition) is 0. The summed E-state index contributed by atoms with van der Waals surface area (Å²) in [4.78, 5) is 12.8. The van der Waals surface area contributed by atoms with Crippen molar-refractivity contribution < 1.29 is 24.5 Å². The van der Waals surface area contributed by atoms with E-state index in [2.05, 4.69) is 28.9 Å². The monoisotopic (exact) mass is 581 g/mol. The van der Waals surface area contributed by atoms with E-state index >= 15 is 0 Å². The van der Waals surface area contributed by atoms with Crippen LogP contribution in [-0.2, 0) is 20.1 Å². The van der Waals surface area contributed by atoms with Gasteiger partial charge in [-0.05, 0) is 61.4 Å². The molecule has 2 aromatic carbocycles. The van der Waals surface area contributed by atoms with Crippen molar-refractivity contribution in [2.24, 2.45) is 0 Å². The van der Waals surface area contributed by atoms with E-state index in [1.165, 1.54) is 0 Å². The Balaban J connectivity index is 0.00000231. The molecule has 31 heavy (non-hydrogen) atoms. The summed E-state index contributed by atoms with van der Waals surface area (Å²) in [5.41, 5.74) is 8.81. The summed E-state index contributed by atoms with van der Waals surface area (Å²) < 4.78 is 6.11. The predicted octanol–water partition coefficient (Wildman–Crippen LogP) is 6.98. The molecule has 3 aromatic heterocycles. The van der Waals surface area contributed by atoms with Crippen LogP contribution in [0.25, 0.3) is 49.3 Å². The maximum atomic E-state index is 7.30. The molecular weight excluding hydrogens is 563 g/mol. The molecule has 5 rings (SSSR count). The fraction of sp³-hybridized carbons (Fsp3) is 0.115. The zero-order valence-electron chi connectivity index (χ0n) is 17.3. The zero-order chi connectivity index (χ0) is 20.8. The minimum Gasteiger partial charge on any atom is -0.486 e. The number of fused-ring (bicyclic) bond motifs is 3. The molecule has 153 valence electrons. The number of aryl methyl sites for hydroxylation is 3. The second kappa shape index (κ2) is 8.07. The first-order valence-electron chi connectivity index (χ1n) is 9.71. The Kier molecular flexibility index (Phi) is 5.45. The van der Waals surface area contributed by atoms with E-state index in [-0.39, 0.29) is 20.1 Å². The van der Waals surface area contributed by atoms with Crippen LogP contribution in [-0.4, -0.2) is 9.97 Å². The Morgan fingerprint density at radius 3 is 2.55 bits per heavy atom. The van der Waals surface area contributed by atoms with E-state index in [0.717, 1.165) is 55.6 Å². The third kappa shape index (κ3) is 3.55. The molecular formula is C26H18IrN3O-. The van der Waals surface area contributed by atoms with Crippen molar-refractivity contribution in [3.05, 3.63) is 89.0 Å². The Morgan fingerprint density at radius 1 is 0.935 bits per heavy atom. The van der Waals surface area contributed by atoms with Crippen molar-refractivity contribution in [3.63, 3.8) is 0 Å². The molecule has 5 heteroatoms. The number of rotatable bonds is 2. The maximum Gasteiger partial charge on any atom is 0.216 e. The van der Waals surface area contributed by atoms with Crippen LogP contribution in [0.15, 0.2) is 59.1 Å². The van der Waals surface area contributed by atoms with Crippen molar-refractivity contribution in [3.8, 4) is 22.4 Å². The van der Waals surface area contributed by atoms with Crippen LogP contribution in [0.3, 0.4) is 0 Å². The third-order valence-corrected chi connectivity index (χ3v) is 5.45. The normalized spacial score (nSPS) is 10.8. The van der Waals surface area contributed by atoms with E-state index in [1.807, 2.05) is 62.5 Å². The maximum absolute atomic E-state index is 7.30. The van der Waals surface area contributed by atoms with Gasteiger partial charge in [0.1, 0.15) is 0 Å². The van der Waals surface area contributed by atoms with Crippen LogP contribution in [0.1, 0.15) is 16.8 Å². The van der Waals surface area contributed by atoms with Gasteiger partial charge in [-0.3, -0.25) is 0 Å². The van der Waals surface area contributed by atoms with Crippen LogP contribution in [0, 0.1) is 33.4 Å². The summed E-state index contributed by atoms with van der Waals surface area (Å²) in [7, 11) is 0. The Labute approximate surface area is 194 Å². The van der Waals surface area contributed by atoms with E-state index in [4.69, 9.17) is 16.0 Å². The van der Waals surface area contributed by atoms with Crippen LogP contribution in [0.2, 0.25) is 0 Å². The van der Waals surface area contributed by atoms with Crippen LogP contribution in [0.4, 0.5) is 5.69 Å².